The van der Waals surface area contributed by atoms with Gasteiger partial charge in [-0.15, -0.1) is 0 Å². The number of benzene rings is 2. The Balaban J connectivity index is 2.52. The Morgan fingerprint density at radius 1 is 1.12 bits per heavy atom. The van der Waals surface area contributed by atoms with E-state index >= 15 is 0 Å². The van der Waals surface area contributed by atoms with Gasteiger partial charge in [-0.05, 0) is 23.6 Å². The quantitative estimate of drug-likeness (QED) is 0.869. The Morgan fingerprint density at radius 2 is 1.64 bits per heavy atom. The normalized spacial score (nSPS) is 13.3. The zero-order valence-corrected chi connectivity index (χ0v) is 14.4. The Labute approximate surface area is 146 Å². The number of likely N-dealkylation sites (N-methyl/N-ethyl adjacent to an activating group) is 1. The maximum atomic E-state index is 13.1. The van der Waals surface area contributed by atoms with Crippen molar-refractivity contribution in [3.63, 3.8) is 0 Å². The van der Waals surface area contributed by atoms with Gasteiger partial charge in [0, 0.05) is 13.5 Å². The van der Waals surface area contributed by atoms with Crippen molar-refractivity contribution in [1.29, 1.82) is 0 Å². The number of alkyl halides is 2. The zero-order chi connectivity index (χ0) is 18.6. The Morgan fingerprint density at radius 3 is 2.12 bits per heavy atom. The molecule has 1 amide bonds. The summed E-state index contributed by atoms with van der Waals surface area (Å²) in [4.78, 5) is 14.4. The summed E-state index contributed by atoms with van der Waals surface area (Å²) in [6.45, 7) is 5.42. The van der Waals surface area contributed by atoms with E-state index in [0.29, 0.717) is 11.1 Å². The summed E-state index contributed by atoms with van der Waals surface area (Å²) in [6, 6.07) is 16.0. The second kappa shape index (κ2) is 7.47. The van der Waals surface area contributed by atoms with Crippen LogP contribution < -0.4 is 5.73 Å². The third-order valence-corrected chi connectivity index (χ3v) is 4.44. The highest BCUT2D eigenvalue weighted by atomic mass is 19.3. The largest absolute Gasteiger partial charge is 0.386 e. The average Bonchev–Trinajstić information content (AvgIpc) is 2.60. The maximum absolute atomic E-state index is 13.1. The number of nitrogens with two attached hydrogens (primary N) is 1. The fraction of sp³-hybridized carbons (Fsp3) is 0.250. The number of carbonyl (C=O) groups excluding carboxylic acids is 1. The second-order valence-corrected chi connectivity index (χ2v) is 6.14. The highest BCUT2D eigenvalue weighted by Crippen LogP contribution is 2.34. The van der Waals surface area contributed by atoms with Gasteiger partial charge in [0.25, 0.3) is 0 Å². The number of carbonyl (C=O) groups is 1. The van der Waals surface area contributed by atoms with Crippen molar-refractivity contribution in [2.24, 2.45) is 5.73 Å². The van der Waals surface area contributed by atoms with Gasteiger partial charge < -0.3 is 10.6 Å². The topological polar surface area (TPSA) is 46.3 Å². The molecular weight excluding hydrogens is 322 g/mol. The average molecular weight is 344 g/mol. The molecule has 0 radical (unpaired) electrons. The van der Waals surface area contributed by atoms with Crippen LogP contribution in [0.4, 0.5) is 8.78 Å². The van der Waals surface area contributed by atoms with Gasteiger partial charge in [-0.1, -0.05) is 61.2 Å². The van der Waals surface area contributed by atoms with E-state index in [1.807, 2.05) is 30.3 Å². The molecule has 2 rings (SSSR count). The van der Waals surface area contributed by atoms with Crippen molar-refractivity contribution in [2.75, 3.05) is 7.05 Å². The zero-order valence-electron chi connectivity index (χ0n) is 14.4. The lowest BCUT2D eigenvalue weighted by Crippen LogP contribution is -2.45. The van der Waals surface area contributed by atoms with Crippen molar-refractivity contribution in [2.45, 2.75) is 25.2 Å². The molecule has 2 aromatic rings. The Kier molecular flexibility index (Phi) is 5.57. The van der Waals surface area contributed by atoms with Gasteiger partial charge in [-0.2, -0.15) is 0 Å². The van der Waals surface area contributed by atoms with E-state index in [-0.39, 0.29) is 18.1 Å². The van der Waals surface area contributed by atoms with Crippen LogP contribution in [-0.2, 0) is 16.6 Å². The van der Waals surface area contributed by atoms with E-state index in [1.54, 1.807) is 38.2 Å². The number of nitrogens with zero attached hydrogens (tertiary/aromatic N) is 1. The summed E-state index contributed by atoms with van der Waals surface area (Å²) in [5.41, 5.74) is 6.70. The maximum Gasteiger partial charge on any atom is 0.242 e. The SMILES string of the molecule is C=C(N)N(C)C(=O)C(C)(c1ccccc1)c1ccc(CC(F)F)cc1. The minimum absolute atomic E-state index is 0.140. The van der Waals surface area contributed by atoms with Crippen molar-refractivity contribution in [1.82, 2.24) is 4.90 Å². The minimum Gasteiger partial charge on any atom is -0.386 e. The lowest BCUT2D eigenvalue weighted by molar-refractivity contribution is -0.132. The van der Waals surface area contributed by atoms with Crippen LogP contribution in [0.5, 0.6) is 0 Å². The van der Waals surface area contributed by atoms with Gasteiger partial charge in [-0.3, -0.25) is 4.79 Å². The van der Waals surface area contributed by atoms with Crippen LogP contribution in [0.2, 0.25) is 0 Å². The summed E-state index contributed by atoms with van der Waals surface area (Å²) in [5.74, 6) is -0.103. The van der Waals surface area contributed by atoms with Crippen LogP contribution in [0.3, 0.4) is 0 Å². The van der Waals surface area contributed by atoms with Crippen LogP contribution in [0.1, 0.15) is 23.6 Å². The predicted molar refractivity (Wildman–Crippen MR) is 95.1 cm³/mol. The lowest BCUT2D eigenvalue weighted by atomic mass is 9.75. The molecule has 0 aliphatic heterocycles. The van der Waals surface area contributed by atoms with E-state index in [4.69, 9.17) is 5.73 Å². The fourth-order valence-electron chi connectivity index (χ4n) is 2.80. The van der Waals surface area contributed by atoms with Gasteiger partial charge >= 0.3 is 0 Å². The van der Waals surface area contributed by atoms with Crippen LogP contribution in [0.15, 0.2) is 67.0 Å². The van der Waals surface area contributed by atoms with Crippen LogP contribution >= 0.6 is 0 Å². The van der Waals surface area contributed by atoms with E-state index in [0.717, 1.165) is 5.56 Å². The molecule has 1 unspecified atom stereocenters. The molecule has 2 aromatic carbocycles. The molecule has 0 bridgehead atoms. The third kappa shape index (κ3) is 3.87. The van der Waals surface area contributed by atoms with Gasteiger partial charge in [0.15, 0.2) is 0 Å². The lowest BCUT2D eigenvalue weighted by Gasteiger charge is -2.33. The first-order valence-electron chi connectivity index (χ1n) is 7.92. The number of hydrogen-bond acceptors (Lipinski definition) is 2. The molecule has 0 heterocycles. The Hall–Kier alpha value is -2.69. The smallest absolute Gasteiger partial charge is 0.242 e. The third-order valence-electron chi connectivity index (χ3n) is 4.44. The van der Waals surface area contributed by atoms with E-state index in [1.165, 1.54) is 4.90 Å². The van der Waals surface area contributed by atoms with E-state index < -0.39 is 11.8 Å². The summed E-state index contributed by atoms with van der Waals surface area (Å²) in [5, 5.41) is 0. The summed E-state index contributed by atoms with van der Waals surface area (Å²) in [7, 11) is 1.57. The molecule has 2 N–H and O–H groups in total. The predicted octanol–water partition coefficient (Wildman–Crippen LogP) is 3.69. The second-order valence-electron chi connectivity index (χ2n) is 6.14. The Bertz CT molecular complexity index is 744. The molecule has 0 aromatic heterocycles. The molecule has 0 saturated carbocycles. The summed E-state index contributed by atoms with van der Waals surface area (Å²) in [6.07, 6.45) is -2.71. The van der Waals surface area contributed by atoms with Crippen molar-refractivity contribution < 1.29 is 13.6 Å². The molecule has 0 fully saturated rings. The molecule has 25 heavy (non-hydrogen) atoms. The minimum atomic E-state index is -2.40. The number of rotatable bonds is 6. The van der Waals surface area contributed by atoms with Gasteiger partial charge in [0.05, 0.1) is 11.2 Å². The molecule has 0 spiro atoms. The van der Waals surface area contributed by atoms with Crippen molar-refractivity contribution in [3.8, 4) is 0 Å². The van der Waals surface area contributed by atoms with Crippen molar-refractivity contribution >= 4 is 5.91 Å². The number of halogens is 2. The molecule has 0 saturated heterocycles. The fourth-order valence-corrected chi connectivity index (χ4v) is 2.80. The van der Waals surface area contributed by atoms with Crippen LogP contribution in [-0.4, -0.2) is 24.3 Å². The monoisotopic (exact) mass is 344 g/mol. The molecule has 0 aliphatic carbocycles. The van der Waals surface area contributed by atoms with Gasteiger partial charge in [0.2, 0.25) is 12.3 Å². The molecular formula is C20H22F2N2O. The molecule has 5 heteroatoms. The number of hydrogen-bond donors (Lipinski definition) is 1. The van der Waals surface area contributed by atoms with E-state index in [2.05, 4.69) is 6.58 Å². The highest BCUT2D eigenvalue weighted by molar-refractivity contribution is 5.92. The first kappa shape index (κ1) is 18.6. The summed E-state index contributed by atoms with van der Waals surface area (Å²) >= 11 is 0. The molecule has 3 nitrogen and oxygen atoms in total. The highest BCUT2D eigenvalue weighted by Gasteiger charge is 2.39. The number of amides is 1. The molecule has 132 valence electrons. The van der Waals surface area contributed by atoms with Crippen LogP contribution in [0, 0.1) is 0 Å². The first-order valence-corrected chi connectivity index (χ1v) is 7.92. The molecule has 1 atom stereocenters. The van der Waals surface area contributed by atoms with E-state index in [9.17, 15) is 13.6 Å². The van der Waals surface area contributed by atoms with Gasteiger partial charge in [0.1, 0.15) is 0 Å². The first-order chi connectivity index (χ1) is 11.8. The van der Waals surface area contributed by atoms with Crippen molar-refractivity contribution in [3.05, 3.63) is 83.7 Å². The summed E-state index contributed by atoms with van der Waals surface area (Å²) < 4.78 is 25.1. The van der Waals surface area contributed by atoms with Crippen LogP contribution in [0.25, 0.3) is 0 Å². The van der Waals surface area contributed by atoms with Gasteiger partial charge in [-0.25, -0.2) is 8.78 Å². The standard InChI is InChI=1S/C20H22F2N2O/c1-14(23)24(3)19(25)20(2,16-7-5-4-6-8-16)17-11-9-15(10-12-17)13-18(21)22/h4-12,18H,1,13,23H2,2-3H3. The molecule has 0 aliphatic rings.